The summed E-state index contributed by atoms with van der Waals surface area (Å²) >= 11 is 0. The third-order valence-corrected chi connectivity index (χ3v) is 6.15. The van der Waals surface area contributed by atoms with E-state index in [4.69, 9.17) is 9.72 Å². The Kier molecular flexibility index (Phi) is 5.46. The van der Waals surface area contributed by atoms with Crippen LogP contribution in [-0.2, 0) is 17.9 Å². The van der Waals surface area contributed by atoms with Gasteiger partial charge in [0, 0.05) is 24.0 Å². The van der Waals surface area contributed by atoms with E-state index >= 15 is 0 Å². The average Bonchev–Trinajstić information content (AvgIpc) is 3.50. The second-order valence-electron chi connectivity index (χ2n) is 9.84. The molecule has 1 aromatic carbocycles. The number of carboxylic acids is 1. The zero-order valence-corrected chi connectivity index (χ0v) is 20.6. The molecule has 35 heavy (non-hydrogen) atoms. The predicted molar refractivity (Wildman–Crippen MR) is 130 cm³/mol. The summed E-state index contributed by atoms with van der Waals surface area (Å²) in [6.45, 7) is 10.9. The fraction of sp³-hybridized carbons (Fsp3) is 0.400. The molecule has 3 aromatic heterocycles. The number of ether oxygens (including phenoxy) is 1. The number of nitrogens with zero attached hydrogens (tertiary/aromatic N) is 7. The molecule has 1 aliphatic rings. The average molecular weight is 476 g/mol. The van der Waals surface area contributed by atoms with Gasteiger partial charge in [0.2, 0.25) is 0 Å². The number of hydrogen-bond donors (Lipinski definition) is 1. The highest BCUT2D eigenvalue weighted by molar-refractivity contribution is 5.75. The van der Waals surface area contributed by atoms with Crippen molar-refractivity contribution in [2.75, 3.05) is 6.61 Å². The Labute approximate surface area is 203 Å². The van der Waals surface area contributed by atoms with Crippen LogP contribution in [0, 0.1) is 12.3 Å². The number of imidazole rings is 1. The number of hydrogen-bond acceptors (Lipinski definition) is 6. The number of aryl methyl sites for hydroxylation is 1. The minimum Gasteiger partial charge on any atom is -0.491 e. The van der Waals surface area contributed by atoms with E-state index in [1.54, 1.807) is 24.7 Å². The largest absolute Gasteiger partial charge is 0.491 e. The fourth-order valence-corrected chi connectivity index (χ4v) is 4.21. The maximum atomic E-state index is 11.5. The van der Waals surface area contributed by atoms with E-state index in [1.807, 2.05) is 42.2 Å². The van der Waals surface area contributed by atoms with E-state index in [1.165, 1.54) is 0 Å². The Morgan fingerprint density at radius 2 is 1.97 bits per heavy atom. The minimum absolute atomic E-state index is 0.174. The monoisotopic (exact) mass is 475 g/mol. The molecule has 10 nitrogen and oxygen atoms in total. The molecule has 0 bridgehead atoms. The molecule has 0 saturated heterocycles. The highest BCUT2D eigenvalue weighted by atomic mass is 16.5. The smallest absolute Gasteiger partial charge is 0.310 e. The van der Waals surface area contributed by atoms with Gasteiger partial charge in [0.1, 0.15) is 29.7 Å². The summed E-state index contributed by atoms with van der Waals surface area (Å²) in [6.07, 6.45) is 5.62. The Morgan fingerprint density at radius 1 is 1.17 bits per heavy atom. The Morgan fingerprint density at radius 3 is 2.71 bits per heavy atom. The lowest BCUT2D eigenvalue weighted by Gasteiger charge is -2.18. The molecule has 182 valence electrons. The van der Waals surface area contributed by atoms with E-state index < -0.39 is 11.4 Å². The molecule has 4 aromatic rings. The van der Waals surface area contributed by atoms with Crippen molar-refractivity contribution in [3.05, 3.63) is 42.6 Å². The molecule has 0 amide bonds. The quantitative estimate of drug-likeness (QED) is 0.447. The van der Waals surface area contributed by atoms with E-state index in [9.17, 15) is 9.90 Å². The van der Waals surface area contributed by atoms with Crippen molar-refractivity contribution in [2.24, 2.45) is 5.41 Å². The van der Waals surface area contributed by atoms with Gasteiger partial charge >= 0.3 is 5.97 Å². The van der Waals surface area contributed by atoms with Crippen LogP contribution in [0.15, 0.2) is 36.8 Å². The number of carboxylic acid groups (broad SMARTS) is 1. The van der Waals surface area contributed by atoms with Crippen molar-refractivity contribution in [1.29, 1.82) is 0 Å². The molecule has 0 unspecified atom stereocenters. The lowest BCUT2D eigenvalue weighted by Crippen LogP contribution is -2.29. The first-order valence-electron chi connectivity index (χ1n) is 11.7. The Balaban J connectivity index is 1.48. The van der Waals surface area contributed by atoms with Crippen molar-refractivity contribution in [1.82, 2.24) is 34.1 Å². The summed E-state index contributed by atoms with van der Waals surface area (Å²) in [5.41, 5.74) is 2.62. The van der Waals surface area contributed by atoms with Crippen molar-refractivity contribution in [2.45, 2.75) is 53.8 Å². The number of benzene rings is 1. The molecule has 0 aliphatic carbocycles. The van der Waals surface area contributed by atoms with Gasteiger partial charge in [-0.15, -0.1) is 0 Å². The van der Waals surface area contributed by atoms with Crippen LogP contribution in [-0.4, -0.2) is 51.8 Å². The van der Waals surface area contributed by atoms with Crippen LogP contribution in [0.3, 0.4) is 0 Å². The molecule has 0 spiro atoms. The first kappa shape index (κ1) is 22.8. The summed E-state index contributed by atoms with van der Waals surface area (Å²) < 4.78 is 11.8. The fourth-order valence-electron chi connectivity index (χ4n) is 4.21. The molecule has 0 atom stereocenters. The number of aliphatic carboxylic acids is 1. The molecular formula is C25H29N7O3. The molecule has 0 fully saturated rings. The molecule has 10 heteroatoms. The zero-order valence-electron chi connectivity index (χ0n) is 20.6. The van der Waals surface area contributed by atoms with Crippen molar-refractivity contribution in [3.63, 3.8) is 0 Å². The van der Waals surface area contributed by atoms with Crippen LogP contribution in [0.5, 0.6) is 5.75 Å². The van der Waals surface area contributed by atoms with Crippen molar-refractivity contribution >= 4 is 5.97 Å². The van der Waals surface area contributed by atoms with Gasteiger partial charge in [-0.05, 0) is 52.3 Å². The lowest BCUT2D eigenvalue weighted by atomic mass is 9.94. The zero-order chi connectivity index (χ0) is 24.9. The number of aromatic nitrogens is 7. The first-order chi connectivity index (χ1) is 16.6. The van der Waals surface area contributed by atoms with Crippen LogP contribution in [0.1, 0.15) is 39.6 Å². The van der Waals surface area contributed by atoms with E-state index in [0.717, 1.165) is 45.6 Å². The van der Waals surface area contributed by atoms with Gasteiger partial charge in [-0.2, -0.15) is 10.2 Å². The van der Waals surface area contributed by atoms with Gasteiger partial charge in [-0.3, -0.25) is 9.48 Å². The normalized spacial score (nSPS) is 13.3. The SMILES string of the molecule is Cc1nc(-c2cn3c(n2)-c2ccc(-c4cnn(CC(C)(C)C(=O)O)c4)cc2OCC3)n(C(C)C)n1. The second kappa shape index (κ2) is 8.37. The maximum absolute atomic E-state index is 11.5. The topological polar surface area (TPSA) is 113 Å². The number of carbonyl (C=O) groups is 1. The summed E-state index contributed by atoms with van der Waals surface area (Å²) in [5, 5.41) is 18.3. The van der Waals surface area contributed by atoms with E-state index in [2.05, 4.69) is 33.6 Å². The summed E-state index contributed by atoms with van der Waals surface area (Å²) in [7, 11) is 0. The van der Waals surface area contributed by atoms with Gasteiger partial charge in [0.25, 0.3) is 0 Å². The molecular weight excluding hydrogens is 446 g/mol. The maximum Gasteiger partial charge on any atom is 0.310 e. The first-order valence-corrected chi connectivity index (χ1v) is 11.7. The molecule has 5 rings (SSSR count). The lowest BCUT2D eigenvalue weighted by molar-refractivity contribution is -0.147. The number of fused-ring (bicyclic) bond motifs is 3. The molecule has 0 radical (unpaired) electrons. The minimum atomic E-state index is -0.909. The Bertz CT molecular complexity index is 1410. The molecule has 0 saturated carbocycles. The molecule has 4 heterocycles. The summed E-state index contributed by atoms with van der Waals surface area (Å²) in [6, 6.07) is 6.18. The third-order valence-electron chi connectivity index (χ3n) is 6.15. The van der Waals surface area contributed by atoms with E-state index in [0.29, 0.717) is 13.2 Å². The highest BCUT2D eigenvalue weighted by Crippen LogP contribution is 2.37. The van der Waals surface area contributed by atoms with Crippen LogP contribution < -0.4 is 4.74 Å². The van der Waals surface area contributed by atoms with Gasteiger partial charge in [0.05, 0.1) is 30.3 Å². The highest BCUT2D eigenvalue weighted by Gasteiger charge is 2.28. The van der Waals surface area contributed by atoms with Crippen LogP contribution >= 0.6 is 0 Å². The van der Waals surface area contributed by atoms with Crippen molar-refractivity contribution in [3.8, 4) is 39.8 Å². The van der Waals surface area contributed by atoms with Gasteiger partial charge < -0.3 is 14.4 Å². The van der Waals surface area contributed by atoms with Crippen LogP contribution in [0.4, 0.5) is 0 Å². The van der Waals surface area contributed by atoms with Gasteiger partial charge in [-0.1, -0.05) is 6.07 Å². The van der Waals surface area contributed by atoms with Crippen LogP contribution in [0.2, 0.25) is 0 Å². The van der Waals surface area contributed by atoms with E-state index in [-0.39, 0.29) is 12.6 Å². The van der Waals surface area contributed by atoms with Gasteiger partial charge in [-0.25, -0.2) is 14.6 Å². The van der Waals surface area contributed by atoms with Gasteiger partial charge in [0.15, 0.2) is 5.82 Å². The predicted octanol–water partition coefficient (Wildman–Crippen LogP) is 4.06. The summed E-state index contributed by atoms with van der Waals surface area (Å²) in [5.74, 6) is 2.20. The Hall–Kier alpha value is -3.95. The van der Waals surface area contributed by atoms with Crippen LogP contribution in [0.25, 0.3) is 34.0 Å². The number of rotatable bonds is 6. The molecule has 1 aliphatic heterocycles. The third kappa shape index (κ3) is 4.20. The van der Waals surface area contributed by atoms with Crippen molar-refractivity contribution < 1.29 is 14.6 Å². The second-order valence-corrected chi connectivity index (χ2v) is 9.84. The standard InChI is InChI=1S/C25H29N7O3/c1-15(2)32-23(27-16(3)29-32)20-13-30-8-9-35-21-10-17(6-7-19(21)22(30)28-20)18-11-26-31(12-18)14-25(4,5)24(33)34/h6-7,10-13,15H,8-9,14H2,1-5H3,(H,33,34). The summed E-state index contributed by atoms with van der Waals surface area (Å²) in [4.78, 5) is 21.0. The molecule has 1 N–H and O–H groups in total.